The van der Waals surface area contributed by atoms with Gasteiger partial charge in [-0.1, -0.05) is 53.7 Å². The first-order valence-electron chi connectivity index (χ1n) is 12.1. The molecule has 4 aromatic carbocycles. The van der Waals surface area contributed by atoms with Crippen molar-refractivity contribution >= 4 is 0 Å². The lowest BCUT2D eigenvalue weighted by atomic mass is 9.87. The molecule has 0 heterocycles. The minimum atomic E-state index is -0.584. The molecule has 0 aliphatic rings. The van der Waals surface area contributed by atoms with Gasteiger partial charge in [0.05, 0.1) is 0 Å². The first-order valence-corrected chi connectivity index (χ1v) is 16.4. The molecule has 0 amide bonds. The predicted molar refractivity (Wildman–Crippen MR) is 138 cm³/mol. The molecule has 200 valence electrons. The summed E-state index contributed by atoms with van der Waals surface area (Å²) in [6.07, 6.45) is 0. The zero-order valence-electron chi connectivity index (χ0n) is 22.4. The zero-order valence-corrected chi connectivity index (χ0v) is 26.7. The summed E-state index contributed by atoms with van der Waals surface area (Å²) in [6, 6.07) is 23.9. The van der Waals surface area contributed by atoms with Crippen LogP contribution in [0.1, 0.15) is 52.7 Å². The monoisotopic (exact) mass is 746 g/mol. The second kappa shape index (κ2) is 12.9. The minimum absolute atomic E-state index is 0.165. The molecule has 0 radical (unpaired) electrons. The van der Waals surface area contributed by atoms with Gasteiger partial charge in [-0.15, -0.1) is 0 Å². The van der Waals surface area contributed by atoms with Crippen LogP contribution in [0, 0.1) is 37.5 Å². The molecule has 0 atom stereocenters. The van der Waals surface area contributed by atoms with Gasteiger partial charge >= 0.3 is 42.4 Å². The Morgan fingerprint density at radius 1 is 0.421 bits per heavy atom. The average Bonchev–Trinajstić information content (AvgIpc) is 2.81. The van der Waals surface area contributed by atoms with E-state index in [0.29, 0.717) is 0 Å². The molecule has 0 saturated carbocycles. The normalized spacial score (nSPS) is 11.6. The third-order valence-corrected chi connectivity index (χ3v) is 10.8. The van der Waals surface area contributed by atoms with Gasteiger partial charge in [0.15, 0.2) is 14.3 Å². The predicted octanol–water partition coefficient (Wildman–Crippen LogP) is 2.78. The Labute approximate surface area is 244 Å². The SMILES string of the molecule is CC(C)(C)c1ccc([I+]c2ccc(C(C)(C)C)c(F)c2)cc1F.Fc1ccc([I+]c2ccc(F)cc2)cc1. The molecule has 4 rings (SSSR count). The maximum Gasteiger partial charge on any atom is 0.358 e. The zero-order chi connectivity index (χ0) is 28.1. The molecular formula is C32H32F4I2+2. The minimum Gasteiger partial charge on any atom is -0.207 e. The van der Waals surface area contributed by atoms with Crippen LogP contribution in [0.25, 0.3) is 0 Å². The van der Waals surface area contributed by atoms with Crippen LogP contribution in [0.5, 0.6) is 0 Å². The van der Waals surface area contributed by atoms with E-state index in [1.165, 1.54) is 24.3 Å². The summed E-state index contributed by atoms with van der Waals surface area (Å²) in [7, 11) is 0. The van der Waals surface area contributed by atoms with Crippen molar-refractivity contribution in [3.8, 4) is 0 Å². The molecule has 0 spiro atoms. The van der Waals surface area contributed by atoms with Crippen molar-refractivity contribution in [1.82, 2.24) is 0 Å². The summed E-state index contributed by atoms with van der Waals surface area (Å²) in [5.41, 5.74) is 1.03. The second-order valence-corrected chi connectivity index (χ2v) is 16.9. The number of rotatable bonds is 4. The van der Waals surface area contributed by atoms with E-state index in [4.69, 9.17) is 0 Å². The fourth-order valence-corrected chi connectivity index (χ4v) is 8.00. The first-order chi connectivity index (χ1) is 17.7. The number of halogens is 6. The molecule has 38 heavy (non-hydrogen) atoms. The van der Waals surface area contributed by atoms with Gasteiger partial charge in [-0.2, -0.15) is 0 Å². The molecule has 0 unspecified atom stereocenters. The lowest BCUT2D eigenvalue weighted by molar-refractivity contribution is -0.598. The lowest BCUT2D eigenvalue weighted by Gasteiger charge is -2.19. The van der Waals surface area contributed by atoms with Crippen LogP contribution in [0.15, 0.2) is 84.9 Å². The molecule has 0 N–H and O–H groups in total. The summed E-state index contributed by atoms with van der Waals surface area (Å²) in [5, 5.41) is 0. The van der Waals surface area contributed by atoms with E-state index in [1.807, 2.05) is 65.8 Å². The van der Waals surface area contributed by atoms with Crippen molar-refractivity contribution < 1.29 is 60.0 Å². The van der Waals surface area contributed by atoms with Crippen LogP contribution in [-0.4, -0.2) is 0 Å². The fraction of sp³-hybridized carbons (Fsp3) is 0.250. The Balaban J connectivity index is 0.000000230. The maximum atomic E-state index is 14.3. The molecule has 0 aliphatic heterocycles. The Hall–Kier alpha value is -1.94. The van der Waals surface area contributed by atoms with Crippen molar-refractivity contribution in [1.29, 1.82) is 0 Å². The summed E-state index contributed by atoms with van der Waals surface area (Å²) in [6.45, 7) is 12.0. The highest BCUT2D eigenvalue weighted by molar-refractivity contribution is 5.26. The van der Waals surface area contributed by atoms with E-state index in [1.54, 1.807) is 36.4 Å². The van der Waals surface area contributed by atoms with E-state index in [-0.39, 0.29) is 55.3 Å². The van der Waals surface area contributed by atoms with Crippen LogP contribution >= 0.6 is 0 Å². The average molecular weight is 746 g/mol. The molecule has 0 fully saturated rings. The van der Waals surface area contributed by atoms with Gasteiger partial charge < -0.3 is 0 Å². The highest BCUT2D eigenvalue weighted by Gasteiger charge is 2.25. The van der Waals surface area contributed by atoms with Gasteiger partial charge in [0.2, 0.25) is 0 Å². The van der Waals surface area contributed by atoms with Crippen LogP contribution in [0.3, 0.4) is 0 Å². The van der Waals surface area contributed by atoms with E-state index in [0.717, 1.165) is 25.4 Å². The molecule has 4 aromatic rings. The maximum absolute atomic E-state index is 14.3. The third kappa shape index (κ3) is 9.07. The van der Waals surface area contributed by atoms with Gasteiger partial charge in [-0.25, -0.2) is 17.6 Å². The fourth-order valence-electron chi connectivity index (χ4n) is 3.55. The number of benzene rings is 4. The molecule has 0 bridgehead atoms. The summed E-state index contributed by atoms with van der Waals surface area (Å²) in [4.78, 5) is 0. The van der Waals surface area contributed by atoms with Gasteiger partial charge in [0.1, 0.15) is 23.3 Å². The second-order valence-electron chi connectivity index (χ2n) is 10.8. The van der Waals surface area contributed by atoms with Crippen LogP contribution in [-0.2, 0) is 10.8 Å². The van der Waals surface area contributed by atoms with Gasteiger partial charge in [0, 0.05) is 12.1 Å². The van der Waals surface area contributed by atoms with Gasteiger partial charge in [0.25, 0.3) is 0 Å². The largest absolute Gasteiger partial charge is 0.358 e. The van der Waals surface area contributed by atoms with E-state index < -0.39 is 21.2 Å². The topological polar surface area (TPSA) is 0 Å². The van der Waals surface area contributed by atoms with E-state index in [9.17, 15) is 17.6 Å². The Kier molecular flexibility index (Phi) is 10.4. The first kappa shape index (κ1) is 30.6. The molecule has 0 saturated heterocycles. The van der Waals surface area contributed by atoms with Crippen molar-refractivity contribution in [3.63, 3.8) is 0 Å². The molecule has 0 nitrogen and oxygen atoms in total. The van der Waals surface area contributed by atoms with Gasteiger partial charge in [-0.05, 0) is 82.6 Å². The van der Waals surface area contributed by atoms with Crippen LogP contribution < -0.4 is 42.4 Å². The van der Waals surface area contributed by atoms with Crippen LogP contribution in [0.4, 0.5) is 17.6 Å². The Morgan fingerprint density at radius 3 is 1.00 bits per heavy atom. The standard InChI is InChI=1S/C20H24F2I.C12H8F2I/c1-19(2,3)15-9-7-13(11-17(15)21)23-14-8-10-16(18(22)12-14)20(4,5)6;13-9-1-5-11(6-2-9)15-12-7-3-10(14)4-8-12/h7-12H,1-6H3;1-8H/q2*+1. The molecule has 6 heteroatoms. The van der Waals surface area contributed by atoms with Crippen molar-refractivity contribution in [2.75, 3.05) is 0 Å². The lowest BCUT2D eigenvalue weighted by Crippen LogP contribution is -3.61. The third-order valence-electron chi connectivity index (χ3n) is 5.52. The Morgan fingerprint density at radius 2 is 0.711 bits per heavy atom. The number of hydrogen-bond acceptors (Lipinski definition) is 0. The van der Waals surface area contributed by atoms with E-state index in [2.05, 4.69) is 0 Å². The highest BCUT2D eigenvalue weighted by atomic mass is 127. The van der Waals surface area contributed by atoms with Crippen molar-refractivity contribution in [3.05, 3.63) is 134 Å². The number of hydrogen-bond donors (Lipinski definition) is 0. The summed E-state index contributed by atoms with van der Waals surface area (Å²) in [5.74, 6) is -0.772. The Bertz CT molecular complexity index is 1250. The van der Waals surface area contributed by atoms with Gasteiger partial charge in [-0.3, -0.25) is 0 Å². The van der Waals surface area contributed by atoms with Crippen molar-refractivity contribution in [2.24, 2.45) is 0 Å². The van der Waals surface area contributed by atoms with Crippen molar-refractivity contribution in [2.45, 2.75) is 52.4 Å². The molecule has 0 aromatic heterocycles. The summed E-state index contributed by atoms with van der Waals surface area (Å²) < 4.78 is 58.1. The highest BCUT2D eigenvalue weighted by Crippen LogP contribution is 2.25. The molecular weight excluding hydrogens is 714 g/mol. The van der Waals surface area contributed by atoms with E-state index >= 15 is 0 Å². The molecule has 0 aliphatic carbocycles. The summed E-state index contributed by atoms with van der Waals surface area (Å²) >= 11 is -0.914. The quantitative estimate of drug-likeness (QED) is 0.223. The smallest absolute Gasteiger partial charge is 0.207 e. The van der Waals surface area contributed by atoms with Crippen LogP contribution in [0.2, 0.25) is 0 Å².